The first kappa shape index (κ1) is 35.4. The van der Waals surface area contributed by atoms with Crippen molar-refractivity contribution in [2.24, 2.45) is 63.1 Å². The van der Waals surface area contributed by atoms with Gasteiger partial charge >= 0.3 is 17.9 Å². The van der Waals surface area contributed by atoms with Gasteiger partial charge in [0.1, 0.15) is 11.3 Å². The molecule has 0 aliphatic carbocycles. The van der Waals surface area contributed by atoms with Gasteiger partial charge in [-0.25, -0.2) is 4.79 Å². The Morgan fingerprint density at radius 2 is 0.838 bits per heavy atom. The number of aliphatic carboxylic acids is 3. The second-order valence-electron chi connectivity index (χ2n) is 14.2. The standard InChI is InChI=1S/C30H56O7/c1-16(2)26(10,11)19(7)22(23(31)32)30(37,25(35)36)29(24(33)34,20(8)27(12,13)17(3)4)21(9)28(14,15)18(5)6/h16-22,37H,1-15H3,(H,31,32)(H,33,34)(H,35,36). The predicted octanol–water partition coefficient (Wildman–Crippen LogP) is 6.53. The summed E-state index contributed by atoms with van der Waals surface area (Å²) in [6, 6.07) is 0. The first-order valence-electron chi connectivity index (χ1n) is 13.7. The van der Waals surface area contributed by atoms with Crippen LogP contribution in [-0.4, -0.2) is 43.9 Å². The fourth-order valence-corrected chi connectivity index (χ4v) is 6.02. The Kier molecular flexibility index (Phi) is 10.7. The van der Waals surface area contributed by atoms with Crippen LogP contribution in [0.5, 0.6) is 0 Å². The van der Waals surface area contributed by atoms with Crippen LogP contribution in [-0.2, 0) is 14.4 Å². The van der Waals surface area contributed by atoms with Gasteiger partial charge in [0.2, 0.25) is 0 Å². The van der Waals surface area contributed by atoms with Gasteiger partial charge in [-0.15, -0.1) is 0 Å². The number of rotatable bonds is 14. The van der Waals surface area contributed by atoms with Gasteiger partial charge in [0, 0.05) is 0 Å². The van der Waals surface area contributed by atoms with E-state index in [9.17, 15) is 34.8 Å². The molecule has 7 heteroatoms. The zero-order valence-corrected chi connectivity index (χ0v) is 26.1. The van der Waals surface area contributed by atoms with Crippen LogP contribution < -0.4 is 0 Å². The van der Waals surface area contributed by atoms with E-state index in [-0.39, 0.29) is 17.8 Å². The third-order valence-electron chi connectivity index (χ3n) is 11.8. The Hall–Kier alpha value is -1.63. The van der Waals surface area contributed by atoms with E-state index < -0.39 is 68.8 Å². The van der Waals surface area contributed by atoms with Gasteiger partial charge in [-0.3, -0.25) is 9.59 Å². The lowest BCUT2D eigenvalue weighted by atomic mass is 9.42. The zero-order valence-electron chi connectivity index (χ0n) is 26.1. The molecule has 0 aromatic carbocycles. The summed E-state index contributed by atoms with van der Waals surface area (Å²) in [5.74, 6) is -9.61. The van der Waals surface area contributed by atoms with Crippen molar-refractivity contribution in [2.75, 3.05) is 0 Å². The topological polar surface area (TPSA) is 132 Å². The molecule has 37 heavy (non-hydrogen) atoms. The smallest absolute Gasteiger partial charge is 0.337 e. The Bertz CT molecular complexity index is 811. The SMILES string of the molecule is CC(C)C(C)(C)C(C)C(C(=O)O)C(O)(C(=O)O)C(C(=O)O)(C(C)C(C)(C)C(C)C)C(C)C(C)(C)C(C)C. The zero-order chi connectivity index (χ0) is 30.3. The number of carboxylic acid groups (broad SMARTS) is 3. The minimum atomic E-state index is -3.12. The second-order valence-corrected chi connectivity index (χ2v) is 14.2. The largest absolute Gasteiger partial charge is 0.481 e. The number of hydrogen-bond acceptors (Lipinski definition) is 4. The van der Waals surface area contributed by atoms with Crippen molar-refractivity contribution in [2.45, 2.75) is 109 Å². The molecule has 0 fully saturated rings. The summed E-state index contributed by atoms with van der Waals surface area (Å²) in [4.78, 5) is 40.1. The molecular weight excluding hydrogens is 472 g/mol. The maximum absolute atomic E-state index is 13.7. The van der Waals surface area contributed by atoms with Gasteiger partial charge < -0.3 is 20.4 Å². The van der Waals surface area contributed by atoms with Gasteiger partial charge in [0.25, 0.3) is 0 Å². The Labute approximate surface area is 225 Å². The molecule has 0 bridgehead atoms. The van der Waals surface area contributed by atoms with E-state index in [1.807, 2.05) is 83.1 Å². The minimum Gasteiger partial charge on any atom is -0.481 e. The number of carbonyl (C=O) groups is 3. The van der Waals surface area contributed by atoms with E-state index in [0.717, 1.165) is 0 Å². The summed E-state index contributed by atoms with van der Waals surface area (Å²) in [7, 11) is 0. The highest BCUT2D eigenvalue weighted by Gasteiger charge is 2.75. The normalized spacial score (nSPS) is 20.2. The van der Waals surface area contributed by atoms with Crippen molar-refractivity contribution in [3.63, 3.8) is 0 Å². The van der Waals surface area contributed by atoms with Crippen LogP contribution >= 0.6 is 0 Å². The summed E-state index contributed by atoms with van der Waals surface area (Å²) < 4.78 is 0. The van der Waals surface area contributed by atoms with Crippen molar-refractivity contribution in [1.29, 1.82) is 0 Å². The summed E-state index contributed by atoms with van der Waals surface area (Å²) in [5, 5.41) is 45.1. The van der Waals surface area contributed by atoms with Gasteiger partial charge in [-0.05, 0) is 51.8 Å². The Morgan fingerprint density at radius 1 is 0.541 bits per heavy atom. The van der Waals surface area contributed by atoms with E-state index in [2.05, 4.69) is 0 Å². The molecule has 0 heterocycles. The van der Waals surface area contributed by atoms with Crippen molar-refractivity contribution in [3.8, 4) is 0 Å². The number of aliphatic hydroxyl groups is 1. The van der Waals surface area contributed by atoms with Gasteiger partial charge in [0.15, 0.2) is 5.60 Å². The second kappa shape index (κ2) is 11.2. The third-order valence-corrected chi connectivity index (χ3v) is 11.8. The maximum Gasteiger partial charge on any atom is 0.337 e. The van der Waals surface area contributed by atoms with E-state index in [0.29, 0.717) is 0 Å². The lowest BCUT2D eigenvalue weighted by Gasteiger charge is -2.60. The molecule has 0 amide bonds. The van der Waals surface area contributed by atoms with Crippen LogP contribution in [0.25, 0.3) is 0 Å². The highest BCUT2D eigenvalue weighted by molar-refractivity contribution is 5.94. The van der Waals surface area contributed by atoms with Crippen LogP contribution in [0.4, 0.5) is 0 Å². The molecular formula is C30H56O7. The fraction of sp³-hybridized carbons (Fsp3) is 0.900. The van der Waals surface area contributed by atoms with Gasteiger partial charge in [0.05, 0.1) is 0 Å². The average molecular weight is 529 g/mol. The molecule has 7 nitrogen and oxygen atoms in total. The van der Waals surface area contributed by atoms with Crippen LogP contribution in [0.1, 0.15) is 104 Å². The number of carboxylic acids is 3. The molecule has 0 saturated heterocycles. The van der Waals surface area contributed by atoms with Gasteiger partial charge in [-0.2, -0.15) is 0 Å². The molecule has 0 radical (unpaired) electrons. The van der Waals surface area contributed by atoms with E-state index >= 15 is 0 Å². The first-order chi connectivity index (χ1) is 16.3. The summed E-state index contributed by atoms with van der Waals surface area (Å²) >= 11 is 0. The fourth-order valence-electron chi connectivity index (χ4n) is 6.02. The summed E-state index contributed by atoms with van der Waals surface area (Å²) in [6.07, 6.45) is 0. The quantitative estimate of drug-likeness (QED) is 0.201. The summed E-state index contributed by atoms with van der Waals surface area (Å²) in [5.41, 5.74) is -7.70. The van der Waals surface area contributed by atoms with E-state index in [4.69, 9.17) is 0 Å². The molecule has 4 N–H and O–H groups in total. The maximum atomic E-state index is 13.7. The molecule has 0 rings (SSSR count). The molecule has 218 valence electrons. The van der Waals surface area contributed by atoms with Crippen molar-refractivity contribution in [1.82, 2.24) is 0 Å². The molecule has 5 unspecified atom stereocenters. The van der Waals surface area contributed by atoms with Crippen LogP contribution in [0.3, 0.4) is 0 Å². The minimum absolute atomic E-state index is 0.0596. The monoisotopic (exact) mass is 528 g/mol. The third kappa shape index (κ3) is 5.44. The lowest BCUT2D eigenvalue weighted by Crippen LogP contribution is -2.73. The van der Waals surface area contributed by atoms with Crippen molar-refractivity contribution < 1.29 is 34.8 Å². The molecule has 5 atom stereocenters. The Morgan fingerprint density at radius 3 is 1.03 bits per heavy atom. The number of hydrogen-bond donors (Lipinski definition) is 4. The first-order valence-corrected chi connectivity index (χ1v) is 13.7. The van der Waals surface area contributed by atoms with Crippen LogP contribution in [0.2, 0.25) is 0 Å². The molecule has 0 spiro atoms. The van der Waals surface area contributed by atoms with E-state index in [1.165, 1.54) is 0 Å². The highest BCUT2D eigenvalue weighted by Crippen LogP contribution is 2.62. The Balaban J connectivity index is 8.28. The molecule has 0 aromatic rings. The van der Waals surface area contributed by atoms with Crippen LogP contribution in [0, 0.1) is 63.1 Å². The lowest BCUT2D eigenvalue weighted by molar-refractivity contribution is -0.245. The summed E-state index contributed by atoms with van der Waals surface area (Å²) in [6.45, 7) is 27.7. The predicted molar refractivity (Wildman–Crippen MR) is 147 cm³/mol. The average Bonchev–Trinajstić information content (AvgIpc) is 2.72. The molecule has 0 saturated carbocycles. The molecule has 0 aromatic heterocycles. The van der Waals surface area contributed by atoms with E-state index in [1.54, 1.807) is 20.8 Å². The van der Waals surface area contributed by atoms with Crippen LogP contribution in [0.15, 0.2) is 0 Å². The highest BCUT2D eigenvalue weighted by atomic mass is 16.4. The van der Waals surface area contributed by atoms with Crippen molar-refractivity contribution in [3.05, 3.63) is 0 Å². The van der Waals surface area contributed by atoms with Gasteiger partial charge in [-0.1, -0.05) is 104 Å². The van der Waals surface area contributed by atoms with Crippen molar-refractivity contribution >= 4 is 17.9 Å². The molecule has 0 aliphatic rings. The molecule has 0 aliphatic heterocycles.